The number of phenols is 2. The van der Waals surface area contributed by atoms with Crippen molar-refractivity contribution in [1.82, 2.24) is 0 Å². The van der Waals surface area contributed by atoms with Gasteiger partial charge in [-0.15, -0.1) is 0 Å². The molecule has 0 saturated carbocycles. The summed E-state index contributed by atoms with van der Waals surface area (Å²) >= 11 is 0. The lowest BCUT2D eigenvalue weighted by molar-refractivity contribution is 0.0600. The molecule has 4 nitrogen and oxygen atoms in total. The zero-order valence-corrected chi connectivity index (χ0v) is 34.1. The summed E-state index contributed by atoms with van der Waals surface area (Å²) < 4.78 is 32.8. The van der Waals surface area contributed by atoms with Crippen molar-refractivity contribution in [2.24, 2.45) is 5.92 Å². The smallest absolute Gasteiger partial charge is 0.337 e. The summed E-state index contributed by atoms with van der Waals surface area (Å²) in [4.78, 5) is 11.6. The Morgan fingerprint density at radius 1 is 0.644 bits per heavy atom. The van der Waals surface area contributed by atoms with Crippen molar-refractivity contribution in [2.75, 3.05) is 7.11 Å². The predicted octanol–water partition coefficient (Wildman–Crippen LogP) is 11.2. The molecule has 2 N–H and O–H groups in total. The van der Waals surface area contributed by atoms with Crippen molar-refractivity contribution in [1.29, 1.82) is 0 Å². The minimum atomic E-state index is -1.96. The number of benzene rings is 7. The van der Waals surface area contributed by atoms with Gasteiger partial charge in [0.25, 0.3) is 0 Å². The Morgan fingerprint density at radius 3 is 1.64 bits per heavy atom. The van der Waals surface area contributed by atoms with Crippen LogP contribution in [0.5, 0.6) is 11.5 Å². The summed E-state index contributed by atoms with van der Waals surface area (Å²) in [6, 6.07) is 56.9. The number of carbonyl (C=O) groups is 1. The molecule has 0 aromatic heterocycles. The average Bonchev–Trinajstić information content (AvgIpc) is 3.27. The summed E-state index contributed by atoms with van der Waals surface area (Å²) in [6.07, 6.45) is 6.48. The van der Waals surface area contributed by atoms with Crippen LogP contribution in [0.4, 0.5) is 8.78 Å². The quantitative estimate of drug-likeness (QED) is 0.0900. The Balaban J connectivity index is 0.000000201. The van der Waals surface area contributed by atoms with Gasteiger partial charge in [0, 0.05) is 16.7 Å². The highest BCUT2D eigenvalue weighted by molar-refractivity contribution is 7.95. The van der Waals surface area contributed by atoms with E-state index in [1.165, 1.54) is 42.1 Å². The largest absolute Gasteiger partial charge is 0.508 e. The molecule has 298 valence electrons. The van der Waals surface area contributed by atoms with Crippen molar-refractivity contribution < 1.29 is 28.5 Å². The maximum Gasteiger partial charge on any atom is 0.337 e. The number of hydrogen-bond donors (Lipinski definition) is 2. The molecule has 0 heterocycles. The molecule has 7 rings (SSSR count). The molecule has 0 amide bonds. The van der Waals surface area contributed by atoms with E-state index in [0.29, 0.717) is 35.3 Å². The second-order valence-corrected chi connectivity index (χ2v) is 17.9. The van der Waals surface area contributed by atoms with E-state index in [0.717, 1.165) is 23.7 Å². The van der Waals surface area contributed by atoms with Crippen LogP contribution in [-0.2, 0) is 23.7 Å². The third-order valence-corrected chi connectivity index (χ3v) is 14.8. The van der Waals surface area contributed by atoms with Gasteiger partial charge in [-0.05, 0) is 116 Å². The van der Waals surface area contributed by atoms with E-state index in [1.807, 2.05) is 48.6 Å². The van der Waals surface area contributed by atoms with Gasteiger partial charge in [-0.25, -0.2) is 13.6 Å². The number of halogens is 2. The van der Waals surface area contributed by atoms with E-state index < -0.39 is 18.9 Å². The molecular weight excluding hydrogens is 758 g/mol. The first kappa shape index (κ1) is 42.3. The van der Waals surface area contributed by atoms with E-state index in [-0.39, 0.29) is 23.2 Å². The van der Waals surface area contributed by atoms with Crippen LogP contribution >= 0.6 is 7.26 Å². The van der Waals surface area contributed by atoms with Crippen LogP contribution in [0, 0.1) is 24.5 Å². The van der Waals surface area contributed by atoms with Gasteiger partial charge in [0.15, 0.2) is 0 Å². The van der Waals surface area contributed by atoms with Crippen molar-refractivity contribution >= 4 is 35.2 Å². The Morgan fingerprint density at radius 2 is 1.14 bits per heavy atom. The number of methoxy groups -OCH3 is 1. The molecule has 0 fully saturated rings. The van der Waals surface area contributed by atoms with Gasteiger partial charge in [-0.1, -0.05) is 115 Å². The first-order chi connectivity index (χ1) is 28.7. The molecule has 1 atom stereocenters. The van der Waals surface area contributed by atoms with Gasteiger partial charge in [0.2, 0.25) is 0 Å². The van der Waals surface area contributed by atoms with Crippen LogP contribution in [-0.4, -0.2) is 23.3 Å². The van der Waals surface area contributed by atoms with Crippen molar-refractivity contribution in [2.45, 2.75) is 32.3 Å². The van der Waals surface area contributed by atoms with Gasteiger partial charge >= 0.3 is 5.97 Å². The summed E-state index contributed by atoms with van der Waals surface area (Å²) in [5.41, 5.74) is 3.79. The number of ether oxygens (including phenoxy) is 1. The second kappa shape index (κ2) is 20.4. The van der Waals surface area contributed by atoms with E-state index in [2.05, 4.69) is 91.0 Å². The molecule has 0 spiro atoms. The van der Waals surface area contributed by atoms with E-state index in [4.69, 9.17) is 4.74 Å². The highest BCUT2D eigenvalue weighted by atomic mass is 31.2. The lowest BCUT2D eigenvalue weighted by Crippen LogP contribution is -2.32. The highest BCUT2D eigenvalue weighted by Crippen LogP contribution is 2.58. The van der Waals surface area contributed by atoms with Crippen molar-refractivity contribution in [3.8, 4) is 11.5 Å². The van der Waals surface area contributed by atoms with Gasteiger partial charge in [0.1, 0.15) is 52.5 Å². The summed E-state index contributed by atoms with van der Waals surface area (Å²) in [5.74, 6) is -0.971. The number of para-hydroxylation sites is 2. The Labute approximate surface area is 346 Å². The van der Waals surface area contributed by atoms with Crippen LogP contribution in [0.2, 0.25) is 0 Å². The minimum Gasteiger partial charge on any atom is -0.508 e. The normalized spacial score (nSPS) is 11.7. The molecule has 1 unspecified atom stereocenters. The molecule has 7 aromatic carbocycles. The molecule has 0 aliphatic rings. The number of aryl methyl sites for hydroxylation is 1. The third-order valence-electron chi connectivity index (χ3n) is 10.5. The van der Waals surface area contributed by atoms with E-state index in [1.54, 1.807) is 36.4 Å². The number of allylic oxidation sites excluding steroid dienone is 1. The lowest BCUT2D eigenvalue weighted by atomic mass is 9.91. The molecule has 0 radical (unpaired) electrons. The van der Waals surface area contributed by atoms with Gasteiger partial charge in [-0.2, -0.15) is 0 Å². The summed E-state index contributed by atoms with van der Waals surface area (Å²) in [7, 11) is -0.620. The first-order valence-corrected chi connectivity index (χ1v) is 21.5. The monoisotopic (exact) mass is 805 g/mol. The van der Waals surface area contributed by atoms with Crippen molar-refractivity contribution in [3.63, 3.8) is 0 Å². The fraction of sp³-hybridized carbons (Fsp3) is 0.135. The molecule has 59 heavy (non-hydrogen) atoms. The fourth-order valence-corrected chi connectivity index (χ4v) is 11.5. The number of carbonyl (C=O) groups excluding carboxylic acids is 1. The number of phenolic OH excluding ortho intramolecular Hbond substituents is 2. The molecule has 0 aliphatic carbocycles. The molecular formula is C52H48F2O4P+. The molecule has 0 bridgehead atoms. The Hall–Kier alpha value is -6.36. The van der Waals surface area contributed by atoms with Crippen LogP contribution in [0.1, 0.15) is 44.6 Å². The Kier molecular flexibility index (Phi) is 14.6. The van der Waals surface area contributed by atoms with E-state index in [9.17, 15) is 23.8 Å². The number of esters is 1. The van der Waals surface area contributed by atoms with Gasteiger partial charge in [-0.3, -0.25) is 0 Å². The number of aromatic hydroxyl groups is 2. The molecule has 0 saturated heterocycles. The highest BCUT2D eigenvalue weighted by Gasteiger charge is 2.45. The average molecular weight is 806 g/mol. The lowest BCUT2D eigenvalue weighted by Gasteiger charge is -2.28. The second-order valence-electron chi connectivity index (χ2n) is 14.4. The maximum absolute atomic E-state index is 14.0. The van der Waals surface area contributed by atoms with Crippen LogP contribution in [0.15, 0.2) is 182 Å². The zero-order chi connectivity index (χ0) is 41.6. The zero-order valence-electron chi connectivity index (χ0n) is 33.2. The minimum absolute atomic E-state index is 0.0146. The number of hydrogen-bond acceptors (Lipinski definition) is 4. The van der Waals surface area contributed by atoms with Crippen LogP contribution < -0.4 is 15.9 Å². The number of rotatable bonds is 13. The van der Waals surface area contributed by atoms with E-state index >= 15 is 0 Å². The SMILES string of the molecule is COC(=O)c1ccc(CCC(/C=C/c2ccccc2O)Cc2cc(F)c(C)c(F)c2)cc1.Oc1ccccc1C[P+](c1ccccc1)(c1ccccc1)c1ccccc1. The Bertz CT molecular complexity index is 2330. The fourth-order valence-electron chi connectivity index (χ4n) is 7.20. The first-order valence-electron chi connectivity index (χ1n) is 19.6. The third kappa shape index (κ3) is 10.8. The van der Waals surface area contributed by atoms with Crippen LogP contribution in [0.25, 0.3) is 6.08 Å². The van der Waals surface area contributed by atoms with Gasteiger partial charge in [0.05, 0.1) is 12.7 Å². The van der Waals surface area contributed by atoms with Crippen LogP contribution in [0.3, 0.4) is 0 Å². The van der Waals surface area contributed by atoms with Crippen molar-refractivity contribution in [3.05, 3.63) is 227 Å². The standard InChI is InChI=1S/C27H26F2O3.C25H21OP/c1-18-24(28)16-21(17-25(18)29)15-20(11-12-22-5-3-4-6-26(22)30)8-7-19-9-13-23(14-10-19)27(31)32-2;26-25-19-11-10-12-21(25)20-27(22-13-4-1-5-14-22,23-15-6-2-7-16-23)24-17-8-3-9-18-24/h3-6,9-14,16-17,20,30H,7-8,15H2,1-2H3;1-19H,20H2/p+1/b12-11+;. The molecule has 7 aromatic rings. The van der Waals surface area contributed by atoms with Gasteiger partial charge < -0.3 is 14.9 Å². The maximum atomic E-state index is 14.0. The summed E-state index contributed by atoms with van der Waals surface area (Å²) in [5, 5.41) is 24.5. The molecule has 0 aliphatic heterocycles. The summed E-state index contributed by atoms with van der Waals surface area (Å²) in [6.45, 7) is 1.42. The predicted molar refractivity (Wildman–Crippen MR) is 238 cm³/mol. The topological polar surface area (TPSA) is 66.8 Å². The molecule has 7 heteroatoms.